The fraction of sp³-hybridized carbons (Fsp3) is 0.160. The van der Waals surface area contributed by atoms with Crippen LogP contribution in [0, 0.1) is 0 Å². The molecule has 0 saturated carbocycles. The first-order chi connectivity index (χ1) is 13.4. The van der Waals surface area contributed by atoms with Crippen LogP contribution in [0.5, 0.6) is 0 Å². The van der Waals surface area contributed by atoms with Crippen LogP contribution in [-0.2, 0) is 12.0 Å². The molecular weight excluding hydrogens is 364 g/mol. The summed E-state index contributed by atoms with van der Waals surface area (Å²) in [5, 5.41) is 0. The summed E-state index contributed by atoms with van der Waals surface area (Å²) in [5.74, 6) is 0. The second kappa shape index (κ2) is 8.90. The lowest BCUT2D eigenvalue weighted by atomic mass is 9.77. The molecule has 3 heteroatoms. The monoisotopic (exact) mass is 387 g/mol. The van der Waals surface area contributed by atoms with E-state index in [0.29, 0.717) is 0 Å². The summed E-state index contributed by atoms with van der Waals surface area (Å²) >= 11 is 0. The predicted octanol–water partition coefficient (Wildman–Crippen LogP) is 2.68. The van der Waals surface area contributed by atoms with Gasteiger partial charge in [-0.25, -0.2) is 4.98 Å². The summed E-state index contributed by atoms with van der Waals surface area (Å²) < 4.78 is 2.28. The van der Waals surface area contributed by atoms with E-state index in [4.69, 9.17) is 4.98 Å². The Hall–Kier alpha value is -2.84. The molecule has 3 aromatic carbocycles. The van der Waals surface area contributed by atoms with Gasteiger partial charge in [0.05, 0.1) is 12.0 Å². The minimum Gasteiger partial charge on any atom is -1.00 e. The Morgan fingerprint density at radius 2 is 1.14 bits per heavy atom. The molecule has 0 spiro atoms. The van der Waals surface area contributed by atoms with Gasteiger partial charge in [0.15, 0.2) is 0 Å². The molecule has 0 amide bonds. The van der Waals surface area contributed by atoms with E-state index in [1.165, 1.54) is 16.7 Å². The highest BCUT2D eigenvalue weighted by atomic mass is 35.5. The number of aryl methyl sites for hydroxylation is 1. The van der Waals surface area contributed by atoms with E-state index >= 15 is 0 Å². The molecule has 0 radical (unpaired) electrons. The summed E-state index contributed by atoms with van der Waals surface area (Å²) in [7, 11) is 0. The number of benzene rings is 3. The van der Waals surface area contributed by atoms with Gasteiger partial charge in [-0.2, -0.15) is 0 Å². The quantitative estimate of drug-likeness (QED) is 0.465. The summed E-state index contributed by atoms with van der Waals surface area (Å²) in [6, 6.07) is 32.1. The van der Waals surface area contributed by atoms with Crippen LogP contribution in [0.3, 0.4) is 0 Å². The SMILES string of the molecule is CCCc1cn(C(c2ccccc2)(c2ccccc2)c2ccccc2)cn1.[Cl-]. The molecule has 0 saturated heterocycles. The molecule has 0 fully saturated rings. The van der Waals surface area contributed by atoms with E-state index in [0.717, 1.165) is 18.5 Å². The topological polar surface area (TPSA) is 17.8 Å². The van der Waals surface area contributed by atoms with Crippen molar-refractivity contribution in [3.8, 4) is 0 Å². The molecule has 2 nitrogen and oxygen atoms in total. The van der Waals surface area contributed by atoms with E-state index in [9.17, 15) is 0 Å². The molecule has 0 unspecified atom stereocenters. The van der Waals surface area contributed by atoms with Crippen molar-refractivity contribution in [1.82, 2.24) is 9.55 Å². The zero-order valence-electron chi connectivity index (χ0n) is 16.0. The van der Waals surface area contributed by atoms with E-state index in [-0.39, 0.29) is 12.4 Å². The molecule has 1 heterocycles. The van der Waals surface area contributed by atoms with Crippen LogP contribution >= 0.6 is 0 Å². The first-order valence-electron chi connectivity index (χ1n) is 9.55. The van der Waals surface area contributed by atoms with Gasteiger partial charge < -0.3 is 17.0 Å². The first-order valence-corrected chi connectivity index (χ1v) is 9.55. The number of aromatic nitrogens is 2. The minimum absolute atomic E-state index is 0. The van der Waals surface area contributed by atoms with Gasteiger partial charge in [0, 0.05) is 6.20 Å². The van der Waals surface area contributed by atoms with Crippen LogP contribution in [0.15, 0.2) is 104 Å². The number of rotatable bonds is 6. The zero-order chi connectivity index (χ0) is 18.5. The lowest BCUT2D eigenvalue weighted by molar-refractivity contribution is -0.00000548. The van der Waals surface area contributed by atoms with Crippen molar-refractivity contribution in [2.45, 2.75) is 25.3 Å². The first kappa shape index (κ1) is 19.9. The van der Waals surface area contributed by atoms with Crippen molar-refractivity contribution in [2.24, 2.45) is 0 Å². The molecule has 0 N–H and O–H groups in total. The van der Waals surface area contributed by atoms with Crippen LogP contribution in [0.4, 0.5) is 0 Å². The Bertz CT molecular complexity index is 882. The standard InChI is InChI=1S/C25H24N2.ClH/c1-2-12-24-19-27(20-26-24)25(21-13-6-3-7-14-21,22-15-8-4-9-16-22)23-17-10-5-11-18-23;/h3-11,13-20H,2,12H2,1H3;1H/p-1. The molecule has 4 aromatic rings. The summed E-state index contributed by atoms with van der Waals surface area (Å²) in [6.07, 6.45) is 6.27. The molecule has 142 valence electrons. The summed E-state index contributed by atoms with van der Waals surface area (Å²) in [5.41, 5.74) is 4.35. The Kier molecular flexibility index (Phi) is 6.33. The van der Waals surface area contributed by atoms with Crippen molar-refractivity contribution in [3.05, 3.63) is 126 Å². The lowest BCUT2D eigenvalue weighted by Gasteiger charge is -2.37. The van der Waals surface area contributed by atoms with Gasteiger partial charge >= 0.3 is 0 Å². The van der Waals surface area contributed by atoms with Crippen molar-refractivity contribution in [2.75, 3.05) is 0 Å². The maximum Gasteiger partial charge on any atom is 0.121 e. The third kappa shape index (κ3) is 3.48. The van der Waals surface area contributed by atoms with Gasteiger partial charge in [-0.1, -0.05) is 104 Å². The van der Waals surface area contributed by atoms with Gasteiger partial charge in [-0.3, -0.25) is 0 Å². The van der Waals surface area contributed by atoms with E-state index < -0.39 is 5.54 Å². The minimum atomic E-state index is -0.456. The predicted molar refractivity (Wildman–Crippen MR) is 111 cm³/mol. The highest BCUT2D eigenvalue weighted by Gasteiger charge is 2.38. The molecule has 0 aliphatic carbocycles. The van der Waals surface area contributed by atoms with Gasteiger partial charge in [-0.05, 0) is 23.1 Å². The number of hydrogen-bond donors (Lipinski definition) is 0. The summed E-state index contributed by atoms with van der Waals surface area (Å²) in [6.45, 7) is 2.19. The highest BCUT2D eigenvalue weighted by molar-refractivity contribution is 5.50. The fourth-order valence-corrected chi connectivity index (χ4v) is 3.92. The molecule has 4 rings (SSSR count). The molecule has 0 aliphatic heterocycles. The van der Waals surface area contributed by atoms with Gasteiger partial charge in [-0.15, -0.1) is 0 Å². The largest absolute Gasteiger partial charge is 1.00 e. The van der Waals surface area contributed by atoms with Gasteiger partial charge in [0.1, 0.15) is 5.54 Å². The van der Waals surface area contributed by atoms with E-state index in [1.54, 1.807) is 0 Å². The Labute approximate surface area is 173 Å². The van der Waals surface area contributed by atoms with Crippen molar-refractivity contribution in [1.29, 1.82) is 0 Å². The fourth-order valence-electron chi connectivity index (χ4n) is 3.92. The lowest BCUT2D eigenvalue weighted by Crippen LogP contribution is -3.00. The molecule has 0 bridgehead atoms. The number of hydrogen-bond acceptors (Lipinski definition) is 1. The third-order valence-corrected chi connectivity index (χ3v) is 5.10. The summed E-state index contributed by atoms with van der Waals surface area (Å²) in [4.78, 5) is 4.71. The Balaban J connectivity index is 0.00000225. The average molecular weight is 388 g/mol. The van der Waals surface area contributed by atoms with E-state index in [2.05, 4.69) is 109 Å². The van der Waals surface area contributed by atoms with Crippen LogP contribution in [0.25, 0.3) is 0 Å². The van der Waals surface area contributed by atoms with Crippen LogP contribution in [0.2, 0.25) is 0 Å². The van der Waals surface area contributed by atoms with Crippen LogP contribution < -0.4 is 12.4 Å². The normalized spacial score (nSPS) is 11.0. The van der Waals surface area contributed by atoms with Gasteiger partial charge in [0.2, 0.25) is 0 Å². The van der Waals surface area contributed by atoms with Crippen molar-refractivity contribution < 1.29 is 12.4 Å². The molecule has 28 heavy (non-hydrogen) atoms. The molecule has 0 aliphatic rings. The second-order valence-electron chi connectivity index (χ2n) is 6.83. The number of imidazole rings is 1. The van der Waals surface area contributed by atoms with Crippen molar-refractivity contribution in [3.63, 3.8) is 0 Å². The maximum atomic E-state index is 4.71. The molecule has 1 aromatic heterocycles. The van der Waals surface area contributed by atoms with Gasteiger partial charge in [0.25, 0.3) is 0 Å². The van der Waals surface area contributed by atoms with Crippen molar-refractivity contribution >= 4 is 0 Å². The Morgan fingerprint density at radius 1 is 0.714 bits per heavy atom. The van der Waals surface area contributed by atoms with E-state index in [1.807, 2.05) is 6.33 Å². The maximum absolute atomic E-state index is 4.71. The van der Waals surface area contributed by atoms with Crippen LogP contribution in [-0.4, -0.2) is 9.55 Å². The second-order valence-corrected chi connectivity index (χ2v) is 6.83. The number of nitrogens with zero attached hydrogens (tertiary/aromatic N) is 2. The highest BCUT2D eigenvalue weighted by Crippen LogP contribution is 2.40. The molecule has 0 atom stereocenters. The zero-order valence-corrected chi connectivity index (χ0v) is 16.8. The smallest absolute Gasteiger partial charge is 0.121 e. The third-order valence-electron chi connectivity index (χ3n) is 5.10. The van der Waals surface area contributed by atoms with Crippen LogP contribution in [0.1, 0.15) is 35.7 Å². The molecular formula is C25H24ClN2-. The Morgan fingerprint density at radius 3 is 1.54 bits per heavy atom. The average Bonchev–Trinajstić information content (AvgIpc) is 3.20. The number of halogens is 1.